The molecule has 0 aliphatic heterocycles. The Labute approximate surface area is 128 Å². The van der Waals surface area contributed by atoms with Gasteiger partial charge in [0.25, 0.3) is 0 Å². The lowest BCUT2D eigenvalue weighted by atomic mass is 10.3. The van der Waals surface area contributed by atoms with Crippen molar-refractivity contribution in [1.29, 1.82) is 0 Å². The smallest absolute Gasteiger partial charge is 0.308 e. The van der Waals surface area contributed by atoms with Gasteiger partial charge in [-0.1, -0.05) is 24.3 Å². The average molecular weight is 296 g/mol. The van der Waals surface area contributed by atoms with Crippen molar-refractivity contribution >= 4 is 17.0 Å². The van der Waals surface area contributed by atoms with Gasteiger partial charge in [0.05, 0.1) is 11.0 Å². The maximum absolute atomic E-state index is 11.1. The second-order valence-electron chi connectivity index (χ2n) is 4.90. The van der Waals surface area contributed by atoms with Crippen LogP contribution in [0.4, 0.5) is 0 Å². The van der Waals surface area contributed by atoms with E-state index in [2.05, 4.69) is 4.98 Å². The first kappa shape index (κ1) is 14.1. The number of hydrogen-bond acceptors (Lipinski definition) is 4. The molecule has 0 N–H and O–H groups in total. The van der Waals surface area contributed by atoms with Crippen molar-refractivity contribution in [3.8, 4) is 11.5 Å². The van der Waals surface area contributed by atoms with Crippen LogP contribution < -0.4 is 9.47 Å². The third-order valence-electron chi connectivity index (χ3n) is 3.34. The summed E-state index contributed by atoms with van der Waals surface area (Å²) < 4.78 is 12.9. The van der Waals surface area contributed by atoms with Crippen LogP contribution in [0.5, 0.6) is 11.5 Å². The van der Waals surface area contributed by atoms with Crippen molar-refractivity contribution in [3.63, 3.8) is 0 Å². The predicted molar refractivity (Wildman–Crippen MR) is 82.8 cm³/mol. The molecule has 1 heterocycles. The molecule has 0 atom stereocenters. The fraction of sp³-hybridized carbons (Fsp3) is 0.176. The molecule has 5 nitrogen and oxygen atoms in total. The number of nitrogens with zero attached hydrogens (tertiary/aromatic N) is 2. The number of hydrogen-bond donors (Lipinski definition) is 0. The minimum atomic E-state index is -0.376. The molecule has 0 bridgehead atoms. The Kier molecular flexibility index (Phi) is 3.78. The number of ether oxygens (including phenoxy) is 2. The van der Waals surface area contributed by atoms with E-state index < -0.39 is 0 Å². The van der Waals surface area contributed by atoms with E-state index in [0.29, 0.717) is 18.1 Å². The zero-order valence-electron chi connectivity index (χ0n) is 12.4. The Hall–Kier alpha value is -2.82. The molecule has 2 aromatic carbocycles. The van der Waals surface area contributed by atoms with Gasteiger partial charge >= 0.3 is 5.97 Å². The van der Waals surface area contributed by atoms with Crippen LogP contribution in [-0.4, -0.2) is 15.5 Å². The van der Waals surface area contributed by atoms with Crippen LogP contribution in [0.3, 0.4) is 0 Å². The zero-order valence-corrected chi connectivity index (χ0v) is 12.4. The van der Waals surface area contributed by atoms with Gasteiger partial charge < -0.3 is 14.0 Å². The number of rotatable bonds is 4. The van der Waals surface area contributed by atoms with Gasteiger partial charge in [0.2, 0.25) is 0 Å². The third-order valence-corrected chi connectivity index (χ3v) is 3.34. The van der Waals surface area contributed by atoms with E-state index in [1.54, 1.807) is 18.2 Å². The van der Waals surface area contributed by atoms with Gasteiger partial charge in [-0.05, 0) is 24.3 Å². The van der Waals surface area contributed by atoms with E-state index in [9.17, 15) is 4.79 Å². The van der Waals surface area contributed by atoms with Gasteiger partial charge in [-0.15, -0.1) is 0 Å². The highest BCUT2D eigenvalue weighted by Crippen LogP contribution is 2.27. The summed E-state index contributed by atoms with van der Waals surface area (Å²) in [6, 6.07) is 15.0. The van der Waals surface area contributed by atoms with Crippen molar-refractivity contribution in [1.82, 2.24) is 9.55 Å². The first-order chi connectivity index (χ1) is 10.6. The quantitative estimate of drug-likeness (QED) is 0.548. The lowest BCUT2D eigenvalue weighted by Gasteiger charge is -2.10. The molecular weight excluding hydrogens is 280 g/mol. The molecule has 0 aliphatic rings. The second kappa shape index (κ2) is 5.89. The molecule has 5 heteroatoms. The van der Waals surface area contributed by atoms with E-state index >= 15 is 0 Å². The first-order valence-corrected chi connectivity index (χ1v) is 6.96. The molecule has 0 saturated carbocycles. The molecule has 0 fully saturated rings. The number of fused-ring (bicyclic) bond motifs is 1. The van der Waals surface area contributed by atoms with Crippen LogP contribution in [0.15, 0.2) is 48.5 Å². The summed E-state index contributed by atoms with van der Waals surface area (Å²) in [7, 11) is 1.95. The molecule has 0 radical (unpaired) electrons. The van der Waals surface area contributed by atoms with Gasteiger partial charge in [-0.3, -0.25) is 4.79 Å². The molecule has 1 aromatic heterocycles. The first-order valence-electron chi connectivity index (χ1n) is 6.96. The predicted octanol–water partition coefficient (Wildman–Crippen LogP) is 3.08. The monoisotopic (exact) mass is 296 g/mol. The highest BCUT2D eigenvalue weighted by molar-refractivity contribution is 5.75. The Morgan fingerprint density at radius 2 is 1.77 bits per heavy atom. The number of carbonyl (C=O) groups is 1. The zero-order chi connectivity index (χ0) is 15.5. The standard InChI is InChI=1S/C17H16N2O3/c1-12(20)22-16-10-6-5-9-15(16)21-11-17-18-13-7-3-4-8-14(13)19(17)2/h3-10H,11H2,1-2H3. The van der Waals surface area contributed by atoms with Crippen LogP contribution in [-0.2, 0) is 18.4 Å². The number of esters is 1. The highest BCUT2D eigenvalue weighted by Gasteiger charge is 2.10. The topological polar surface area (TPSA) is 53.4 Å². The van der Waals surface area contributed by atoms with Crippen LogP contribution in [0.2, 0.25) is 0 Å². The van der Waals surface area contributed by atoms with Gasteiger partial charge in [0.1, 0.15) is 12.4 Å². The number of benzene rings is 2. The van der Waals surface area contributed by atoms with Crippen molar-refractivity contribution in [3.05, 3.63) is 54.4 Å². The van der Waals surface area contributed by atoms with E-state index in [1.165, 1.54) is 6.92 Å². The summed E-state index contributed by atoms with van der Waals surface area (Å²) in [5.74, 6) is 1.36. The van der Waals surface area contributed by atoms with Crippen molar-refractivity contribution < 1.29 is 14.3 Å². The normalized spacial score (nSPS) is 10.6. The number of aromatic nitrogens is 2. The van der Waals surface area contributed by atoms with Crippen LogP contribution in [0.1, 0.15) is 12.7 Å². The van der Waals surface area contributed by atoms with Gasteiger partial charge in [0, 0.05) is 14.0 Å². The summed E-state index contributed by atoms with van der Waals surface area (Å²) in [5.41, 5.74) is 1.98. The van der Waals surface area contributed by atoms with Crippen molar-refractivity contribution in [2.75, 3.05) is 0 Å². The van der Waals surface area contributed by atoms with E-state index in [1.807, 2.05) is 41.9 Å². The fourth-order valence-corrected chi connectivity index (χ4v) is 2.28. The molecule has 3 aromatic rings. The van der Waals surface area contributed by atoms with Gasteiger partial charge in [-0.25, -0.2) is 4.98 Å². The summed E-state index contributed by atoms with van der Waals surface area (Å²) in [6.45, 7) is 1.66. The van der Waals surface area contributed by atoms with Crippen LogP contribution in [0.25, 0.3) is 11.0 Å². The SMILES string of the molecule is CC(=O)Oc1ccccc1OCc1nc2ccccc2n1C. The summed E-state index contributed by atoms with van der Waals surface area (Å²) in [5, 5.41) is 0. The van der Waals surface area contributed by atoms with Crippen molar-refractivity contribution in [2.45, 2.75) is 13.5 Å². The molecule has 0 spiro atoms. The summed E-state index contributed by atoms with van der Waals surface area (Å²) in [6.07, 6.45) is 0. The van der Waals surface area contributed by atoms with E-state index in [-0.39, 0.29) is 5.97 Å². The van der Waals surface area contributed by atoms with Gasteiger partial charge in [-0.2, -0.15) is 0 Å². The highest BCUT2D eigenvalue weighted by atomic mass is 16.6. The maximum atomic E-state index is 11.1. The molecule has 0 unspecified atom stereocenters. The molecule has 0 amide bonds. The number of imidazole rings is 1. The summed E-state index contributed by atoms with van der Waals surface area (Å²) >= 11 is 0. The molecule has 22 heavy (non-hydrogen) atoms. The molecular formula is C17H16N2O3. The molecule has 112 valence electrons. The Balaban J connectivity index is 1.82. The largest absolute Gasteiger partial charge is 0.482 e. The van der Waals surface area contributed by atoms with E-state index in [4.69, 9.17) is 9.47 Å². The van der Waals surface area contributed by atoms with Gasteiger partial charge in [0.15, 0.2) is 11.5 Å². The van der Waals surface area contributed by atoms with E-state index in [0.717, 1.165) is 16.9 Å². The van der Waals surface area contributed by atoms with Crippen LogP contribution >= 0.6 is 0 Å². The average Bonchev–Trinajstić information content (AvgIpc) is 2.83. The minimum absolute atomic E-state index is 0.295. The number of para-hydroxylation sites is 4. The lowest BCUT2D eigenvalue weighted by molar-refractivity contribution is -0.132. The second-order valence-corrected chi connectivity index (χ2v) is 4.90. The lowest BCUT2D eigenvalue weighted by Crippen LogP contribution is -2.06. The maximum Gasteiger partial charge on any atom is 0.308 e. The third kappa shape index (κ3) is 2.79. The Morgan fingerprint density at radius 1 is 1.09 bits per heavy atom. The molecule has 0 saturated heterocycles. The molecule has 3 rings (SSSR count). The molecule has 0 aliphatic carbocycles. The van der Waals surface area contributed by atoms with Crippen LogP contribution in [0, 0.1) is 0 Å². The number of aryl methyl sites for hydroxylation is 1. The Morgan fingerprint density at radius 3 is 2.50 bits per heavy atom. The summed E-state index contributed by atoms with van der Waals surface area (Å²) in [4.78, 5) is 15.7. The minimum Gasteiger partial charge on any atom is -0.482 e. The van der Waals surface area contributed by atoms with Crippen molar-refractivity contribution in [2.24, 2.45) is 7.05 Å². The number of carbonyl (C=O) groups excluding carboxylic acids is 1. The Bertz CT molecular complexity index is 824. The fourth-order valence-electron chi connectivity index (χ4n) is 2.28.